The monoisotopic (exact) mass is 412 g/mol. The first-order valence-corrected chi connectivity index (χ1v) is 9.69. The summed E-state index contributed by atoms with van der Waals surface area (Å²) < 4.78 is 57.3. The molecule has 2 rings (SSSR count). The van der Waals surface area contributed by atoms with Crippen LogP contribution in [0.1, 0.15) is 12.5 Å². The van der Waals surface area contributed by atoms with Crippen LogP contribution in [0.3, 0.4) is 0 Å². The number of carbonyl (C=O) groups excluding carboxylic acids is 2. The minimum atomic E-state index is -4.61. The van der Waals surface area contributed by atoms with Crippen molar-refractivity contribution >= 4 is 27.6 Å². The Morgan fingerprint density at radius 2 is 1.64 bits per heavy atom. The summed E-state index contributed by atoms with van der Waals surface area (Å²) in [4.78, 5) is 22.2. The molecule has 0 saturated heterocycles. The lowest BCUT2D eigenvalue weighted by Crippen LogP contribution is -2.33. The maximum atomic E-state index is 13.6. The number of anilines is 1. The van der Waals surface area contributed by atoms with Crippen LogP contribution in [0.25, 0.3) is 0 Å². The molecule has 1 amide bonds. The van der Waals surface area contributed by atoms with E-state index in [-0.39, 0.29) is 0 Å². The van der Waals surface area contributed by atoms with Gasteiger partial charge in [-0.3, -0.25) is 9.59 Å². The lowest BCUT2D eigenvalue weighted by molar-refractivity contribution is -0.146. The van der Waals surface area contributed by atoms with Crippen LogP contribution in [0.4, 0.5) is 14.5 Å². The van der Waals surface area contributed by atoms with Crippen molar-refractivity contribution in [2.45, 2.75) is 18.2 Å². The number of hydrogen-bond donors (Lipinski definition) is 2. The second-order valence-corrected chi connectivity index (χ2v) is 7.34. The van der Waals surface area contributed by atoms with E-state index in [0.717, 1.165) is 30.2 Å². The van der Waals surface area contributed by atoms with Crippen LogP contribution in [0.15, 0.2) is 47.4 Å². The molecule has 0 radical (unpaired) electrons. The number of carbonyl (C=O) groups is 2. The van der Waals surface area contributed by atoms with Gasteiger partial charge in [0.1, 0.15) is 18.2 Å². The van der Waals surface area contributed by atoms with Crippen LogP contribution in [0.2, 0.25) is 0 Å². The predicted molar refractivity (Wildman–Crippen MR) is 97.0 cm³/mol. The molecule has 150 valence electrons. The Morgan fingerprint density at radius 3 is 2.21 bits per heavy atom. The smallest absolute Gasteiger partial charge is 0.321 e. The molecule has 0 aliphatic heterocycles. The third-order valence-electron chi connectivity index (χ3n) is 3.60. The average Bonchev–Trinajstić information content (AvgIpc) is 2.65. The van der Waals surface area contributed by atoms with E-state index in [1.165, 1.54) is 0 Å². The second-order valence-electron chi connectivity index (χ2n) is 5.63. The first-order chi connectivity index (χ1) is 13.2. The van der Waals surface area contributed by atoms with Crippen LogP contribution in [-0.4, -0.2) is 33.4 Å². The number of hydrogen-bond acceptors (Lipinski definition) is 5. The Labute approximate surface area is 160 Å². The summed E-state index contributed by atoms with van der Waals surface area (Å²) in [6, 6.07) is 9.59. The molecular formula is C18H18F2N2O5S. The van der Waals surface area contributed by atoms with Crippen molar-refractivity contribution < 1.29 is 31.5 Å². The molecule has 2 aromatic rings. The van der Waals surface area contributed by atoms with Gasteiger partial charge in [-0.2, -0.15) is 4.72 Å². The molecule has 0 saturated carbocycles. The molecule has 2 aromatic carbocycles. The predicted octanol–water partition coefficient (Wildman–Crippen LogP) is 1.99. The average molecular weight is 412 g/mol. The summed E-state index contributed by atoms with van der Waals surface area (Å²) in [6.07, 6.45) is 0.846. The highest BCUT2D eigenvalue weighted by atomic mass is 32.2. The molecule has 0 unspecified atom stereocenters. The summed E-state index contributed by atoms with van der Waals surface area (Å²) >= 11 is 0. The van der Waals surface area contributed by atoms with Crippen molar-refractivity contribution in [2.75, 3.05) is 18.5 Å². The minimum absolute atomic E-state index is 0.508. The van der Waals surface area contributed by atoms with Crippen molar-refractivity contribution in [1.82, 2.24) is 4.72 Å². The summed E-state index contributed by atoms with van der Waals surface area (Å²) in [5.74, 6) is -4.30. The highest BCUT2D eigenvalue weighted by Gasteiger charge is 2.24. The zero-order chi connectivity index (χ0) is 20.7. The van der Waals surface area contributed by atoms with Gasteiger partial charge in [0.05, 0.1) is 0 Å². The maximum Gasteiger partial charge on any atom is 0.321 e. The van der Waals surface area contributed by atoms with Gasteiger partial charge >= 0.3 is 5.97 Å². The van der Waals surface area contributed by atoms with Crippen LogP contribution in [0.5, 0.6) is 0 Å². The normalized spacial score (nSPS) is 11.1. The van der Waals surface area contributed by atoms with E-state index in [4.69, 9.17) is 0 Å². The molecule has 0 atom stereocenters. The fourth-order valence-electron chi connectivity index (χ4n) is 2.18. The van der Waals surface area contributed by atoms with E-state index < -0.39 is 51.6 Å². The number of sulfonamides is 1. The largest absolute Gasteiger partial charge is 0.455 e. The number of aryl methyl sites for hydroxylation is 1. The Bertz CT molecular complexity index is 942. The number of benzene rings is 2. The molecule has 0 bridgehead atoms. The topological polar surface area (TPSA) is 102 Å². The number of ether oxygens (including phenoxy) is 1. The van der Waals surface area contributed by atoms with Crippen molar-refractivity contribution in [3.05, 3.63) is 59.7 Å². The molecule has 0 heterocycles. The van der Waals surface area contributed by atoms with E-state index >= 15 is 0 Å². The van der Waals surface area contributed by atoms with Crippen molar-refractivity contribution in [3.63, 3.8) is 0 Å². The molecule has 0 aromatic heterocycles. The molecular weight excluding hydrogens is 394 g/mol. The standard InChI is InChI=1S/C18H18F2N2O5S/c1-2-12-6-8-13(9-7-12)22-16(23)11-27-17(24)10-21-28(25,26)18-14(19)4-3-5-15(18)20/h3-9,21H,2,10-11H2,1H3,(H,22,23). The van der Waals surface area contributed by atoms with Gasteiger partial charge in [0.2, 0.25) is 10.0 Å². The molecule has 0 aliphatic rings. The van der Waals surface area contributed by atoms with Gasteiger partial charge in [-0.15, -0.1) is 0 Å². The van der Waals surface area contributed by atoms with E-state index in [9.17, 15) is 26.8 Å². The van der Waals surface area contributed by atoms with E-state index in [1.54, 1.807) is 16.9 Å². The Hall–Kier alpha value is -2.85. The van der Waals surface area contributed by atoms with Crippen LogP contribution < -0.4 is 10.0 Å². The summed E-state index contributed by atoms with van der Waals surface area (Å²) in [5, 5.41) is 2.51. The molecule has 2 N–H and O–H groups in total. The van der Waals surface area contributed by atoms with Gasteiger partial charge in [-0.1, -0.05) is 25.1 Å². The third-order valence-corrected chi connectivity index (χ3v) is 5.06. The van der Waals surface area contributed by atoms with Crippen LogP contribution >= 0.6 is 0 Å². The first-order valence-electron chi connectivity index (χ1n) is 8.21. The molecule has 0 spiro atoms. The van der Waals surface area contributed by atoms with Gasteiger partial charge in [-0.05, 0) is 36.2 Å². The quantitative estimate of drug-likeness (QED) is 0.646. The van der Waals surface area contributed by atoms with Crippen molar-refractivity contribution in [2.24, 2.45) is 0 Å². The van der Waals surface area contributed by atoms with Gasteiger partial charge < -0.3 is 10.1 Å². The fourth-order valence-corrected chi connectivity index (χ4v) is 3.29. The zero-order valence-electron chi connectivity index (χ0n) is 14.9. The first kappa shape index (κ1) is 21.5. The Morgan fingerprint density at radius 1 is 1.04 bits per heavy atom. The van der Waals surface area contributed by atoms with Gasteiger partial charge in [0, 0.05) is 5.69 Å². The highest BCUT2D eigenvalue weighted by molar-refractivity contribution is 7.89. The van der Waals surface area contributed by atoms with Gasteiger partial charge in [0.15, 0.2) is 11.5 Å². The lowest BCUT2D eigenvalue weighted by atomic mass is 10.1. The SMILES string of the molecule is CCc1ccc(NC(=O)COC(=O)CNS(=O)(=O)c2c(F)cccc2F)cc1. The minimum Gasteiger partial charge on any atom is -0.455 e. The summed E-state index contributed by atoms with van der Waals surface area (Å²) in [6.45, 7) is 0.445. The summed E-state index contributed by atoms with van der Waals surface area (Å²) in [7, 11) is -4.61. The van der Waals surface area contributed by atoms with E-state index in [0.29, 0.717) is 5.69 Å². The molecule has 0 fully saturated rings. The number of rotatable bonds is 8. The van der Waals surface area contributed by atoms with Crippen LogP contribution in [0, 0.1) is 11.6 Å². The van der Waals surface area contributed by atoms with Gasteiger partial charge in [0.25, 0.3) is 5.91 Å². The number of esters is 1. The molecule has 0 aliphatic carbocycles. The number of nitrogens with one attached hydrogen (secondary N) is 2. The van der Waals surface area contributed by atoms with Crippen LogP contribution in [-0.2, 0) is 30.8 Å². The van der Waals surface area contributed by atoms with E-state index in [2.05, 4.69) is 10.1 Å². The third kappa shape index (κ3) is 5.83. The maximum absolute atomic E-state index is 13.6. The number of halogens is 2. The Balaban J connectivity index is 1.84. The van der Waals surface area contributed by atoms with Crippen molar-refractivity contribution in [3.8, 4) is 0 Å². The zero-order valence-corrected chi connectivity index (χ0v) is 15.7. The molecule has 7 nitrogen and oxygen atoms in total. The molecule has 28 heavy (non-hydrogen) atoms. The lowest BCUT2D eigenvalue weighted by Gasteiger charge is -2.09. The van der Waals surface area contributed by atoms with Gasteiger partial charge in [-0.25, -0.2) is 17.2 Å². The molecule has 10 heteroatoms. The highest BCUT2D eigenvalue weighted by Crippen LogP contribution is 2.17. The Kier molecular flexibility index (Phi) is 7.18. The number of amides is 1. The van der Waals surface area contributed by atoms with E-state index in [1.807, 2.05) is 19.1 Å². The second kappa shape index (κ2) is 9.38. The summed E-state index contributed by atoms with van der Waals surface area (Å²) in [5.41, 5.74) is 1.59. The van der Waals surface area contributed by atoms with Crippen molar-refractivity contribution in [1.29, 1.82) is 0 Å². The fraction of sp³-hybridized carbons (Fsp3) is 0.222.